The average molecular weight is 601 g/mol. The number of anilines is 1. The number of nitrogens with one attached hydrogen (secondary N) is 1. The lowest BCUT2D eigenvalue weighted by atomic mass is 10.1. The molecule has 9 heteroatoms. The van der Waals surface area contributed by atoms with Gasteiger partial charge < -0.3 is 14.6 Å². The molecule has 2 heterocycles. The molecular formula is C27H20BrCl2N3O2S. The third-order valence-corrected chi connectivity index (χ3v) is 7.18. The van der Waals surface area contributed by atoms with Gasteiger partial charge in [-0.25, -0.2) is 0 Å². The monoisotopic (exact) mass is 599 g/mol. The largest absolute Gasteiger partial charge is 0.494 e. The summed E-state index contributed by atoms with van der Waals surface area (Å²) in [6, 6.07) is 18.8. The van der Waals surface area contributed by atoms with Crippen LogP contribution in [0.15, 0.2) is 77.0 Å². The second-order valence-corrected chi connectivity index (χ2v) is 10.3. The molecule has 0 aliphatic carbocycles. The summed E-state index contributed by atoms with van der Waals surface area (Å²) in [7, 11) is 0. The van der Waals surface area contributed by atoms with E-state index in [9.17, 15) is 4.79 Å². The molecule has 3 aromatic carbocycles. The molecule has 0 bridgehead atoms. The number of aromatic nitrogens is 1. The number of hydrogen-bond acceptors (Lipinski definition) is 3. The molecule has 5 nitrogen and oxygen atoms in total. The van der Waals surface area contributed by atoms with Crippen LogP contribution in [0.5, 0.6) is 5.75 Å². The Morgan fingerprint density at radius 1 is 1.08 bits per heavy atom. The van der Waals surface area contributed by atoms with Gasteiger partial charge >= 0.3 is 0 Å². The first kappa shape index (κ1) is 24.8. The SMILES string of the molecule is CCOc1ccc(N2C(=O)/C(=C/c3cn(Cc4ccc(Cl)cc4Cl)c4ccc(Br)cc34)NC2=S)cc1. The number of amides is 1. The van der Waals surface area contributed by atoms with Gasteiger partial charge in [0.25, 0.3) is 5.91 Å². The van der Waals surface area contributed by atoms with Gasteiger partial charge in [-0.1, -0.05) is 45.2 Å². The first-order chi connectivity index (χ1) is 17.3. The van der Waals surface area contributed by atoms with Crippen molar-refractivity contribution in [2.24, 2.45) is 0 Å². The van der Waals surface area contributed by atoms with E-state index >= 15 is 0 Å². The maximum absolute atomic E-state index is 13.3. The first-order valence-corrected chi connectivity index (χ1v) is 13.1. The predicted molar refractivity (Wildman–Crippen MR) is 154 cm³/mol. The molecular weight excluding hydrogens is 581 g/mol. The highest BCUT2D eigenvalue weighted by molar-refractivity contribution is 9.10. The Balaban J connectivity index is 1.50. The molecule has 0 spiro atoms. The van der Waals surface area contributed by atoms with E-state index in [0.717, 1.165) is 32.3 Å². The quantitative estimate of drug-likeness (QED) is 0.185. The molecule has 4 aromatic rings. The number of nitrogens with zero attached hydrogens (tertiary/aromatic N) is 2. The highest BCUT2D eigenvalue weighted by Crippen LogP contribution is 2.31. The molecule has 36 heavy (non-hydrogen) atoms. The van der Waals surface area contributed by atoms with Crippen molar-refractivity contribution in [2.45, 2.75) is 13.5 Å². The molecule has 1 saturated heterocycles. The van der Waals surface area contributed by atoms with Crippen LogP contribution in [0.2, 0.25) is 10.0 Å². The minimum Gasteiger partial charge on any atom is -0.494 e. The summed E-state index contributed by atoms with van der Waals surface area (Å²) < 4.78 is 8.54. The van der Waals surface area contributed by atoms with Crippen molar-refractivity contribution < 1.29 is 9.53 Å². The van der Waals surface area contributed by atoms with Crippen molar-refractivity contribution >= 4 is 85.0 Å². The van der Waals surface area contributed by atoms with Gasteiger partial charge in [0.1, 0.15) is 11.4 Å². The number of benzene rings is 3. The fourth-order valence-corrected chi connectivity index (χ4v) is 5.29. The second-order valence-electron chi connectivity index (χ2n) is 8.17. The van der Waals surface area contributed by atoms with Crippen LogP contribution in [-0.4, -0.2) is 22.2 Å². The molecule has 182 valence electrons. The molecule has 1 amide bonds. The molecule has 5 rings (SSSR count). The molecule has 1 N–H and O–H groups in total. The van der Waals surface area contributed by atoms with E-state index in [2.05, 4.69) is 25.8 Å². The third-order valence-electron chi connectivity index (χ3n) is 5.81. The summed E-state index contributed by atoms with van der Waals surface area (Å²) in [4.78, 5) is 14.8. The van der Waals surface area contributed by atoms with Gasteiger partial charge in [-0.05, 0) is 85.4 Å². The number of thiocarbonyl (C=S) groups is 1. The van der Waals surface area contributed by atoms with Crippen LogP contribution < -0.4 is 15.0 Å². The van der Waals surface area contributed by atoms with Gasteiger partial charge in [0.15, 0.2) is 5.11 Å². The highest BCUT2D eigenvalue weighted by Gasteiger charge is 2.32. The second kappa shape index (κ2) is 10.3. The fraction of sp³-hybridized carbons (Fsp3) is 0.111. The molecule has 1 fully saturated rings. The number of halogens is 3. The van der Waals surface area contributed by atoms with Crippen molar-refractivity contribution in [2.75, 3.05) is 11.5 Å². The smallest absolute Gasteiger partial charge is 0.281 e. The zero-order chi connectivity index (χ0) is 25.4. The van der Waals surface area contributed by atoms with Crippen LogP contribution in [-0.2, 0) is 11.3 Å². The average Bonchev–Trinajstić information content (AvgIpc) is 3.32. The number of ether oxygens (including phenoxy) is 1. The highest BCUT2D eigenvalue weighted by atomic mass is 79.9. The molecule has 0 unspecified atom stereocenters. The van der Waals surface area contributed by atoms with Crippen LogP contribution >= 0.6 is 51.3 Å². The van der Waals surface area contributed by atoms with E-state index in [0.29, 0.717) is 39.7 Å². The zero-order valence-corrected chi connectivity index (χ0v) is 23.0. The topological polar surface area (TPSA) is 46.5 Å². The zero-order valence-electron chi connectivity index (χ0n) is 19.1. The number of hydrogen-bond donors (Lipinski definition) is 1. The molecule has 1 aromatic heterocycles. The van der Waals surface area contributed by atoms with Crippen LogP contribution in [0, 0.1) is 0 Å². The van der Waals surface area contributed by atoms with E-state index < -0.39 is 0 Å². The Kier molecular flexibility index (Phi) is 7.08. The predicted octanol–water partition coefficient (Wildman–Crippen LogP) is 7.42. The van der Waals surface area contributed by atoms with Crippen molar-refractivity contribution in [1.82, 2.24) is 9.88 Å². The van der Waals surface area contributed by atoms with Gasteiger partial charge in [-0.15, -0.1) is 0 Å². The van der Waals surface area contributed by atoms with E-state index in [1.165, 1.54) is 4.90 Å². The first-order valence-electron chi connectivity index (χ1n) is 11.2. The maximum atomic E-state index is 13.3. The minimum absolute atomic E-state index is 0.221. The van der Waals surface area contributed by atoms with Crippen molar-refractivity contribution in [1.29, 1.82) is 0 Å². The van der Waals surface area contributed by atoms with Crippen molar-refractivity contribution in [3.8, 4) is 5.75 Å². The van der Waals surface area contributed by atoms with Crippen LogP contribution in [0.4, 0.5) is 5.69 Å². The number of fused-ring (bicyclic) bond motifs is 1. The Bertz CT molecular complexity index is 1530. The summed E-state index contributed by atoms with van der Waals surface area (Å²) in [6.45, 7) is 3.05. The Morgan fingerprint density at radius 3 is 2.58 bits per heavy atom. The van der Waals surface area contributed by atoms with Crippen LogP contribution in [0.3, 0.4) is 0 Å². The minimum atomic E-state index is -0.221. The van der Waals surface area contributed by atoms with Gasteiger partial charge in [-0.2, -0.15) is 0 Å². The number of carbonyl (C=O) groups is 1. The van der Waals surface area contributed by atoms with Gasteiger partial charge in [-0.3, -0.25) is 9.69 Å². The summed E-state index contributed by atoms with van der Waals surface area (Å²) >= 11 is 21.6. The van der Waals surface area contributed by atoms with Gasteiger partial charge in [0, 0.05) is 43.7 Å². The van der Waals surface area contributed by atoms with Crippen LogP contribution in [0.25, 0.3) is 17.0 Å². The summed E-state index contributed by atoms with van der Waals surface area (Å²) in [5.74, 6) is 0.516. The Labute approximate surface area is 232 Å². The maximum Gasteiger partial charge on any atom is 0.281 e. The fourth-order valence-electron chi connectivity index (χ4n) is 4.16. The molecule has 0 radical (unpaired) electrons. The van der Waals surface area contributed by atoms with E-state index in [1.54, 1.807) is 6.07 Å². The van der Waals surface area contributed by atoms with E-state index in [1.807, 2.05) is 73.8 Å². The van der Waals surface area contributed by atoms with Crippen LogP contribution in [0.1, 0.15) is 18.1 Å². The lowest BCUT2D eigenvalue weighted by molar-refractivity contribution is -0.113. The van der Waals surface area contributed by atoms with E-state index in [-0.39, 0.29) is 5.91 Å². The Hall–Kier alpha value is -2.84. The lowest BCUT2D eigenvalue weighted by Gasteiger charge is -2.14. The Morgan fingerprint density at radius 2 is 1.86 bits per heavy atom. The van der Waals surface area contributed by atoms with E-state index in [4.69, 9.17) is 40.2 Å². The lowest BCUT2D eigenvalue weighted by Crippen LogP contribution is -2.30. The van der Waals surface area contributed by atoms with Gasteiger partial charge in [0.05, 0.1) is 12.3 Å². The molecule has 1 aliphatic heterocycles. The van der Waals surface area contributed by atoms with Crippen molar-refractivity contribution in [3.05, 3.63) is 98.2 Å². The summed E-state index contributed by atoms with van der Waals surface area (Å²) in [5.41, 5.74) is 3.90. The molecule has 0 saturated carbocycles. The van der Waals surface area contributed by atoms with Gasteiger partial charge in [0.2, 0.25) is 0 Å². The third kappa shape index (κ3) is 4.89. The molecule has 1 aliphatic rings. The standard InChI is InChI=1S/C27H20BrCl2N3O2S/c1-2-35-21-8-6-20(7-9-21)33-26(34)24(31-27(33)36)11-17-15-32(25-10-4-18(28)12-22(17)25)14-16-3-5-19(29)13-23(16)30/h3-13,15H,2,14H2,1H3,(H,31,36)/b24-11-. The number of carbonyl (C=O) groups excluding carboxylic acids is 1. The summed E-state index contributed by atoms with van der Waals surface area (Å²) in [5, 5.41) is 5.58. The normalized spacial score (nSPS) is 14.7. The van der Waals surface area contributed by atoms with Crippen molar-refractivity contribution in [3.63, 3.8) is 0 Å². The summed E-state index contributed by atoms with van der Waals surface area (Å²) in [6.07, 6.45) is 3.84. The number of rotatable bonds is 6. The molecule has 0 atom stereocenters.